The topological polar surface area (TPSA) is 174 Å². The molecule has 0 spiro atoms. The van der Waals surface area contributed by atoms with Gasteiger partial charge in [0.1, 0.15) is 19.0 Å². The lowest BCUT2D eigenvalue weighted by Gasteiger charge is -2.27. The summed E-state index contributed by atoms with van der Waals surface area (Å²) in [4.78, 5) is 59.3. The third-order valence-corrected chi connectivity index (χ3v) is 9.80. The standard InChI is InChI=1S/C20H15FN4O3.C20H16N4O3/c21-12-6-13-17-14(7-12)22-15-8-25(9-16(18(15)17)23-24-19(13)26)20(27)28-10-11-4-2-1-3-5-11;25-19-13-7-4-8-14-17(13)18-15(21-14)9-24(10-16(18)22-23-19)20(26)27-11-12-5-2-1-3-6-12/h1-7,22H,8-10H2,(H,24,26);1-8,21H,9-11H2,(H,23,25). The first kappa shape index (κ1) is 33.5. The lowest BCUT2D eigenvalue weighted by molar-refractivity contribution is 0.0946. The van der Waals surface area contributed by atoms with Crippen molar-refractivity contribution in [1.82, 2.24) is 30.6 Å². The number of carbonyl (C=O) groups is 4. The fraction of sp³-hybridized carbons (Fsp3) is 0.150. The smallest absolute Gasteiger partial charge is 0.410 e. The number of nitrogens with one attached hydrogen (secondary N) is 4. The largest absolute Gasteiger partial charge is 0.445 e. The molecule has 14 nitrogen and oxygen atoms in total. The Labute approximate surface area is 311 Å². The van der Waals surface area contributed by atoms with E-state index in [4.69, 9.17) is 9.47 Å². The van der Waals surface area contributed by atoms with Crippen molar-refractivity contribution in [2.24, 2.45) is 10.2 Å². The first-order valence-corrected chi connectivity index (χ1v) is 17.4. The Bertz CT molecular complexity index is 2620. The number of H-pyrrole nitrogens is 2. The van der Waals surface area contributed by atoms with Crippen LogP contribution in [0, 0.1) is 5.82 Å². The van der Waals surface area contributed by atoms with E-state index in [2.05, 4.69) is 31.0 Å². The summed E-state index contributed by atoms with van der Waals surface area (Å²) in [7, 11) is 0. The molecule has 0 fully saturated rings. The van der Waals surface area contributed by atoms with Crippen molar-refractivity contribution in [3.8, 4) is 0 Å². The molecule has 6 heterocycles. The first-order chi connectivity index (χ1) is 26.8. The highest BCUT2D eigenvalue weighted by Crippen LogP contribution is 2.34. The summed E-state index contributed by atoms with van der Waals surface area (Å²) in [5, 5.41) is 9.89. The van der Waals surface area contributed by atoms with Gasteiger partial charge < -0.3 is 19.4 Å². The Balaban J connectivity index is 0.000000144. The summed E-state index contributed by atoms with van der Waals surface area (Å²) < 4.78 is 24.8. The van der Waals surface area contributed by atoms with Gasteiger partial charge in [-0.1, -0.05) is 66.7 Å². The molecular weight excluding hydrogens is 707 g/mol. The number of carbonyl (C=O) groups excluding carboxylic acids is 4. The van der Waals surface area contributed by atoms with Gasteiger partial charge in [-0.15, -0.1) is 0 Å². The molecule has 15 heteroatoms. The number of halogens is 1. The van der Waals surface area contributed by atoms with Gasteiger partial charge in [0, 0.05) is 38.8 Å². The van der Waals surface area contributed by atoms with Crippen molar-refractivity contribution in [1.29, 1.82) is 0 Å². The van der Waals surface area contributed by atoms with Crippen molar-refractivity contribution < 1.29 is 33.0 Å². The van der Waals surface area contributed by atoms with Crippen molar-refractivity contribution >= 4 is 57.2 Å². The van der Waals surface area contributed by atoms with Gasteiger partial charge in [-0.05, 0) is 35.4 Å². The van der Waals surface area contributed by atoms with Gasteiger partial charge in [0.25, 0.3) is 11.8 Å². The van der Waals surface area contributed by atoms with Crippen LogP contribution in [0.3, 0.4) is 0 Å². The predicted molar refractivity (Wildman–Crippen MR) is 199 cm³/mol. The van der Waals surface area contributed by atoms with E-state index in [9.17, 15) is 23.6 Å². The Kier molecular flexibility index (Phi) is 8.29. The molecule has 55 heavy (non-hydrogen) atoms. The average Bonchev–Trinajstić information content (AvgIpc) is 3.69. The van der Waals surface area contributed by atoms with E-state index in [0.717, 1.165) is 38.9 Å². The second-order valence-electron chi connectivity index (χ2n) is 13.4. The highest BCUT2D eigenvalue weighted by atomic mass is 19.1. The van der Waals surface area contributed by atoms with Crippen LogP contribution in [0.5, 0.6) is 0 Å². The van der Waals surface area contributed by atoms with Crippen molar-refractivity contribution in [2.45, 2.75) is 26.3 Å². The summed E-state index contributed by atoms with van der Waals surface area (Å²) in [5.41, 5.74) is 13.4. The molecule has 6 aromatic rings. The quantitative estimate of drug-likeness (QED) is 0.181. The number of ether oxygens (including phenoxy) is 2. The van der Waals surface area contributed by atoms with Crippen LogP contribution in [-0.2, 0) is 35.8 Å². The van der Waals surface area contributed by atoms with Gasteiger partial charge in [0.05, 0.1) is 54.2 Å². The number of aromatic nitrogens is 2. The number of benzene rings is 4. The van der Waals surface area contributed by atoms with Crippen LogP contribution in [0.25, 0.3) is 21.8 Å². The molecule has 274 valence electrons. The monoisotopic (exact) mass is 738 g/mol. The maximum Gasteiger partial charge on any atom is 0.410 e. The summed E-state index contributed by atoms with van der Waals surface area (Å²) in [6.07, 6.45) is -0.903. The van der Waals surface area contributed by atoms with Crippen LogP contribution in [0.15, 0.2) is 101 Å². The highest BCUT2D eigenvalue weighted by Gasteiger charge is 2.34. The zero-order chi connectivity index (χ0) is 37.6. The molecular formula is C40H31FN8O6. The normalized spacial score (nSPS) is 15.1. The summed E-state index contributed by atoms with van der Waals surface area (Å²) in [6, 6.07) is 27.0. The average molecular weight is 739 g/mol. The van der Waals surface area contributed by atoms with E-state index in [-0.39, 0.29) is 44.3 Å². The first-order valence-electron chi connectivity index (χ1n) is 17.4. The molecule has 10 rings (SSSR count). The van der Waals surface area contributed by atoms with Gasteiger partial charge in [-0.25, -0.2) is 24.8 Å². The minimum Gasteiger partial charge on any atom is -0.445 e. The molecule has 4 amide bonds. The molecule has 4 aromatic carbocycles. The van der Waals surface area contributed by atoms with Crippen LogP contribution in [0.4, 0.5) is 14.0 Å². The molecule has 4 N–H and O–H groups in total. The number of hydrazone groups is 2. The van der Waals surface area contributed by atoms with E-state index in [0.29, 0.717) is 40.1 Å². The Morgan fingerprint density at radius 3 is 1.69 bits per heavy atom. The second kappa shape index (κ2) is 13.6. The molecule has 0 bridgehead atoms. The predicted octanol–water partition coefficient (Wildman–Crippen LogP) is 5.67. The van der Waals surface area contributed by atoms with Crippen LogP contribution < -0.4 is 10.9 Å². The third kappa shape index (κ3) is 6.20. The minimum absolute atomic E-state index is 0.161. The van der Waals surface area contributed by atoms with Gasteiger partial charge in [0.2, 0.25) is 0 Å². The van der Waals surface area contributed by atoms with Gasteiger partial charge in [0.15, 0.2) is 0 Å². The number of nitrogens with zero attached hydrogens (tertiary/aromatic N) is 4. The van der Waals surface area contributed by atoms with Crippen molar-refractivity contribution in [3.05, 3.63) is 142 Å². The summed E-state index contributed by atoms with van der Waals surface area (Å²) >= 11 is 0. The van der Waals surface area contributed by atoms with Gasteiger partial charge in [-0.3, -0.25) is 19.4 Å². The van der Waals surface area contributed by atoms with Gasteiger partial charge in [-0.2, -0.15) is 10.2 Å². The zero-order valence-corrected chi connectivity index (χ0v) is 29.0. The number of hydrogen-bond donors (Lipinski definition) is 4. The molecule has 0 aliphatic carbocycles. The molecule has 0 atom stereocenters. The van der Waals surface area contributed by atoms with E-state index in [1.165, 1.54) is 17.0 Å². The summed E-state index contributed by atoms with van der Waals surface area (Å²) in [6.45, 7) is 1.47. The van der Waals surface area contributed by atoms with Crippen molar-refractivity contribution in [3.63, 3.8) is 0 Å². The zero-order valence-electron chi connectivity index (χ0n) is 29.0. The van der Waals surface area contributed by atoms with E-state index < -0.39 is 23.9 Å². The third-order valence-electron chi connectivity index (χ3n) is 9.80. The number of amides is 4. The maximum atomic E-state index is 13.9. The SMILES string of the molecule is O=C1NN=C2CN(C(=O)OCc3ccccc3)Cc3[nH]c4cc(F)cc1c4c32.O=C1NN=C2CN(C(=O)OCc3ccccc3)Cc3[nH]c4cccc1c4c32. The van der Waals surface area contributed by atoms with Crippen LogP contribution >= 0.6 is 0 Å². The fourth-order valence-corrected chi connectivity index (χ4v) is 7.33. The molecule has 0 saturated carbocycles. The van der Waals surface area contributed by atoms with E-state index >= 15 is 0 Å². The molecule has 2 aromatic heterocycles. The Morgan fingerprint density at radius 2 is 1.13 bits per heavy atom. The lowest BCUT2D eigenvalue weighted by Crippen LogP contribution is -2.40. The van der Waals surface area contributed by atoms with Gasteiger partial charge >= 0.3 is 12.2 Å². The maximum absolute atomic E-state index is 13.9. The second-order valence-corrected chi connectivity index (χ2v) is 13.4. The Morgan fingerprint density at radius 1 is 0.618 bits per heavy atom. The van der Waals surface area contributed by atoms with Crippen LogP contribution in [0.2, 0.25) is 0 Å². The molecule has 4 aliphatic rings. The molecule has 0 radical (unpaired) electrons. The lowest BCUT2D eigenvalue weighted by atomic mass is 9.98. The number of aromatic amines is 2. The fourth-order valence-electron chi connectivity index (χ4n) is 7.33. The minimum atomic E-state index is -0.515. The summed E-state index contributed by atoms with van der Waals surface area (Å²) in [5.74, 6) is -1.24. The van der Waals surface area contributed by atoms with Crippen LogP contribution in [0.1, 0.15) is 54.4 Å². The molecule has 0 unspecified atom stereocenters. The van der Waals surface area contributed by atoms with E-state index in [1.807, 2.05) is 72.8 Å². The number of hydrogen-bond acceptors (Lipinski definition) is 8. The molecule has 0 saturated heterocycles. The van der Waals surface area contributed by atoms with E-state index in [1.54, 1.807) is 11.0 Å². The number of rotatable bonds is 4. The van der Waals surface area contributed by atoms with Crippen molar-refractivity contribution in [2.75, 3.05) is 13.1 Å². The Hall–Kier alpha value is -7.29. The highest BCUT2D eigenvalue weighted by molar-refractivity contribution is 6.22. The van der Waals surface area contributed by atoms with Crippen LogP contribution in [-0.4, -0.2) is 68.3 Å². The molecule has 4 aliphatic heterocycles.